The number of nitrogens with zero attached hydrogens (tertiary/aromatic N) is 2. The van der Waals surface area contributed by atoms with Crippen molar-refractivity contribution in [3.8, 4) is 0 Å². The van der Waals surface area contributed by atoms with Gasteiger partial charge in [-0.25, -0.2) is 23.9 Å². The molecule has 0 radical (unpaired) electrons. The minimum absolute atomic E-state index is 0.506. The molecule has 8 heteroatoms. The Morgan fingerprint density at radius 3 is 2.33 bits per heavy atom. The number of aromatic nitrogens is 3. The predicted molar refractivity (Wildman–Crippen MR) is 81.8 cm³/mol. The van der Waals surface area contributed by atoms with Crippen LogP contribution >= 0.6 is 0 Å². The molecule has 0 amide bonds. The van der Waals surface area contributed by atoms with Crippen LogP contribution in [0.15, 0.2) is 63.7 Å². The number of H-pyrrole nitrogens is 1. The van der Waals surface area contributed by atoms with E-state index in [1.54, 1.807) is 30.3 Å². The molecule has 1 aromatic heterocycles. The van der Waals surface area contributed by atoms with E-state index in [2.05, 4.69) is 5.10 Å². The molecule has 126 valence electrons. The van der Waals surface area contributed by atoms with Gasteiger partial charge >= 0.3 is 17.6 Å². The maximum atomic E-state index is 13.1. The van der Waals surface area contributed by atoms with Gasteiger partial charge in [0.2, 0.25) is 0 Å². The van der Waals surface area contributed by atoms with Gasteiger partial charge in [-0.1, -0.05) is 42.5 Å². The molecule has 1 heterocycles. The first kappa shape index (κ1) is 16.1. The second kappa shape index (κ2) is 5.70. The van der Waals surface area contributed by atoms with Crippen molar-refractivity contribution >= 4 is 0 Å². The number of aromatic amines is 1. The Kier molecular flexibility index (Phi) is 3.82. The van der Waals surface area contributed by atoms with Crippen molar-refractivity contribution in [3.63, 3.8) is 0 Å². The highest BCUT2D eigenvalue weighted by Gasteiger charge is 2.37. The fraction of sp³-hybridized carbons (Fsp3) is 0.250. The van der Waals surface area contributed by atoms with Crippen LogP contribution in [-0.4, -0.2) is 20.5 Å². The van der Waals surface area contributed by atoms with Gasteiger partial charge in [-0.05, 0) is 11.6 Å². The largest absolute Gasteiger partial charge is 0.416 e. The summed E-state index contributed by atoms with van der Waals surface area (Å²) in [5.74, 6) is -0.506. The Hall–Kier alpha value is -2.77. The molecule has 0 aliphatic heterocycles. The molecule has 1 aliphatic carbocycles. The molecule has 5 nitrogen and oxygen atoms in total. The average molecular weight is 337 g/mol. The molecule has 1 aromatic carbocycles. The van der Waals surface area contributed by atoms with Gasteiger partial charge in [0, 0.05) is 13.0 Å². The van der Waals surface area contributed by atoms with Crippen LogP contribution in [0.5, 0.6) is 0 Å². The summed E-state index contributed by atoms with van der Waals surface area (Å²) in [6.45, 7) is 0. The third kappa shape index (κ3) is 2.75. The van der Waals surface area contributed by atoms with E-state index in [-0.39, 0.29) is 0 Å². The van der Waals surface area contributed by atoms with E-state index < -0.39 is 35.1 Å². The predicted octanol–water partition coefficient (Wildman–Crippen LogP) is 2.26. The van der Waals surface area contributed by atoms with Gasteiger partial charge in [-0.15, -0.1) is 0 Å². The molecule has 0 saturated carbocycles. The molecule has 0 fully saturated rings. The first-order valence-corrected chi connectivity index (χ1v) is 7.19. The molecular formula is C16H14F3N3O2. The van der Waals surface area contributed by atoms with Crippen molar-refractivity contribution in [2.24, 2.45) is 7.05 Å². The van der Waals surface area contributed by atoms with E-state index in [1.807, 2.05) is 0 Å². The molecule has 2 atom stereocenters. The number of hydrogen-bond acceptors (Lipinski definition) is 2. The smallest absolute Gasteiger partial charge is 0.246 e. The number of hydrogen-bond donors (Lipinski definition) is 1. The first-order chi connectivity index (χ1) is 11.3. The van der Waals surface area contributed by atoms with Crippen molar-refractivity contribution in [1.82, 2.24) is 14.3 Å². The van der Waals surface area contributed by atoms with Crippen molar-refractivity contribution in [1.29, 1.82) is 0 Å². The molecule has 24 heavy (non-hydrogen) atoms. The standard InChI is InChI=1S/C16H14F3N3O2/c1-21-14(23)20-22(15(21)24)13-9-11(16(17,18)19)7-8-12(13)10-5-3-2-4-6-10/h2-9,12-13H,1H3,(H,20,23)/t12-,13+/m1/s1. The minimum Gasteiger partial charge on any atom is -0.246 e. The number of allylic oxidation sites excluding steroid dienone is 4. The Bertz CT molecular complexity index is 917. The van der Waals surface area contributed by atoms with E-state index in [0.717, 1.165) is 27.0 Å². The van der Waals surface area contributed by atoms with Gasteiger partial charge in [-0.2, -0.15) is 13.2 Å². The third-order valence-electron chi connectivity index (χ3n) is 4.03. The van der Waals surface area contributed by atoms with Crippen molar-refractivity contribution < 1.29 is 13.2 Å². The zero-order valence-corrected chi connectivity index (χ0v) is 12.6. The summed E-state index contributed by atoms with van der Waals surface area (Å²) in [4.78, 5) is 23.8. The summed E-state index contributed by atoms with van der Waals surface area (Å²) < 4.78 is 40.9. The highest BCUT2D eigenvalue weighted by atomic mass is 19.4. The lowest BCUT2D eigenvalue weighted by molar-refractivity contribution is -0.0889. The van der Waals surface area contributed by atoms with Crippen molar-refractivity contribution in [2.75, 3.05) is 0 Å². The van der Waals surface area contributed by atoms with E-state index in [0.29, 0.717) is 0 Å². The second-order valence-corrected chi connectivity index (χ2v) is 5.53. The Labute approximate surface area is 134 Å². The van der Waals surface area contributed by atoms with Crippen LogP contribution in [0.2, 0.25) is 0 Å². The van der Waals surface area contributed by atoms with Crippen LogP contribution in [0.1, 0.15) is 17.5 Å². The van der Waals surface area contributed by atoms with Gasteiger partial charge in [0.05, 0.1) is 11.6 Å². The number of halogens is 3. The lowest BCUT2D eigenvalue weighted by atomic mass is 9.86. The lowest BCUT2D eigenvalue weighted by Gasteiger charge is -2.27. The summed E-state index contributed by atoms with van der Waals surface area (Å²) >= 11 is 0. The van der Waals surface area contributed by atoms with Gasteiger partial charge in [0.15, 0.2) is 0 Å². The van der Waals surface area contributed by atoms with E-state index in [1.165, 1.54) is 13.1 Å². The maximum absolute atomic E-state index is 13.1. The lowest BCUT2D eigenvalue weighted by Crippen LogP contribution is -2.31. The summed E-state index contributed by atoms with van der Waals surface area (Å²) in [6, 6.07) is 7.87. The van der Waals surface area contributed by atoms with Gasteiger partial charge in [0.25, 0.3) is 0 Å². The molecule has 1 aliphatic rings. The summed E-state index contributed by atoms with van der Waals surface area (Å²) in [5, 5.41) is 2.32. The summed E-state index contributed by atoms with van der Waals surface area (Å²) in [6.07, 6.45) is -1.16. The Morgan fingerprint density at radius 2 is 1.79 bits per heavy atom. The topological polar surface area (TPSA) is 59.8 Å². The quantitative estimate of drug-likeness (QED) is 0.914. The summed E-state index contributed by atoms with van der Waals surface area (Å²) in [5.41, 5.74) is -1.48. The highest BCUT2D eigenvalue weighted by Crippen LogP contribution is 2.39. The Morgan fingerprint density at radius 1 is 1.12 bits per heavy atom. The van der Waals surface area contributed by atoms with Crippen LogP contribution in [0, 0.1) is 0 Å². The molecule has 0 unspecified atom stereocenters. The van der Waals surface area contributed by atoms with E-state index >= 15 is 0 Å². The fourth-order valence-corrected chi connectivity index (χ4v) is 2.75. The second-order valence-electron chi connectivity index (χ2n) is 5.53. The van der Waals surface area contributed by atoms with E-state index in [4.69, 9.17) is 0 Å². The first-order valence-electron chi connectivity index (χ1n) is 7.19. The molecule has 0 bridgehead atoms. The van der Waals surface area contributed by atoms with Gasteiger partial charge < -0.3 is 0 Å². The van der Waals surface area contributed by atoms with E-state index in [9.17, 15) is 22.8 Å². The monoisotopic (exact) mass is 337 g/mol. The molecular weight excluding hydrogens is 323 g/mol. The van der Waals surface area contributed by atoms with Gasteiger partial charge in [0.1, 0.15) is 0 Å². The normalized spacial score (nSPS) is 20.9. The minimum atomic E-state index is -4.53. The van der Waals surface area contributed by atoms with Crippen molar-refractivity contribution in [2.45, 2.75) is 18.1 Å². The summed E-state index contributed by atoms with van der Waals surface area (Å²) in [7, 11) is 1.27. The molecule has 2 aromatic rings. The average Bonchev–Trinajstić information content (AvgIpc) is 2.82. The maximum Gasteiger partial charge on any atom is 0.416 e. The molecule has 0 saturated heterocycles. The number of alkyl halides is 3. The Balaban J connectivity index is 2.16. The molecule has 1 N–H and O–H groups in total. The van der Waals surface area contributed by atoms with Gasteiger partial charge in [-0.3, -0.25) is 0 Å². The zero-order chi connectivity index (χ0) is 17.5. The highest BCUT2D eigenvalue weighted by molar-refractivity contribution is 5.37. The van der Waals surface area contributed by atoms with Crippen molar-refractivity contribution in [3.05, 3.63) is 80.7 Å². The van der Waals surface area contributed by atoms with Crippen LogP contribution in [-0.2, 0) is 7.05 Å². The van der Waals surface area contributed by atoms with Crippen LogP contribution < -0.4 is 11.4 Å². The van der Waals surface area contributed by atoms with Crippen LogP contribution in [0.3, 0.4) is 0 Å². The van der Waals surface area contributed by atoms with Crippen LogP contribution in [0.4, 0.5) is 13.2 Å². The van der Waals surface area contributed by atoms with Crippen LogP contribution in [0.25, 0.3) is 0 Å². The number of benzene rings is 1. The number of rotatable bonds is 2. The third-order valence-corrected chi connectivity index (χ3v) is 4.03. The zero-order valence-electron chi connectivity index (χ0n) is 12.6. The SMILES string of the molecule is Cn1c(=O)[nH]n([C@H]2C=C(C(F)(F)F)C=C[C@@H]2c2ccccc2)c1=O. The molecule has 0 spiro atoms. The number of nitrogens with one attached hydrogen (secondary N) is 1. The fourth-order valence-electron chi connectivity index (χ4n) is 2.75. The molecule has 3 rings (SSSR count).